The van der Waals surface area contributed by atoms with Crippen molar-refractivity contribution in [3.63, 3.8) is 0 Å². The number of rotatable bonds is 4. The van der Waals surface area contributed by atoms with Crippen LogP contribution in [0.4, 0.5) is 4.39 Å². The quantitative estimate of drug-likeness (QED) is 0.549. The maximum Gasteiger partial charge on any atom is 0.272 e. The van der Waals surface area contributed by atoms with Crippen molar-refractivity contribution in [1.82, 2.24) is 14.7 Å². The third-order valence-corrected chi connectivity index (χ3v) is 5.12. The molecule has 0 radical (unpaired) electrons. The fourth-order valence-electron chi connectivity index (χ4n) is 2.73. The number of fused-ring (bicyclic) bond motifs is 1. The van der Waals surface area contributed by atoms with Gasteiger partial charge in [-0.3, -0.25) is 9.20 Å². The minimum absolute atomic E-state index is 0.298. The zero-order valence-electron chi connectivity index (χ0n) is 13.4. The number of nitrogens with zero attached hydrogens (tertiary/aromatic N) is 2. The molecule has 0 aliphatic rings. The van der Waals surface area contributed by atoms with Crippen LogP contribution < -0.4 is 5.32 Å². The van der Waals surface area contributed by atoms with Crippen LogP contribution >= 0.6 is 22.9 Å². The standard InChI is InChI=1S/C19H13ClFN3OS/c20-15-4-2-1-3-13(15)11-22-18(25)16-17(12-5-7-14(21)8-6-12)24-9-10-26-19(24)23-16/h1-10H,11H2,(H,22,25). The summed E-state index contributed by atoms with van der Waals surface area (Å²) in [6.45, 7) is 0.298. The summed E-state index contributed by atoms with van der Waals surface area (Å²) in [6, 6.07) is 13.4. The summed E-state index contributed by atoms with van der Waals surface area (Å²) in [7, 11) is 0. The molecule has 7 heteroatoms. The Morgan fingerprint density at radius 3 is 2.73 bits per heavy atom. The second kappa shape index (κ2) is 6.90. The Bertz CT molecular complexity index is 1090. The third kappa shape index (κ3) is 3.09. The molecule has 0 spiro atoms. The summed E-state index contributed by atoms with van der Waals surface area (Å²) in [5.74, 6) is -0.635. The van der Waals surface area contributed by atoms with Crippen molar-refractivity contribution in [1.29, 1.82) is 0 Å². The lowest BCUT2D eigenvalue weighted by atomic mass is 10.1. The van der Waals surface area contributed by atoms with Crippen molar-refractivity contribution in [2.24, 2.45) is 0 Å². The van der Waals surface area contributed by atoms with Crippen molar-refractivity contribution in [2.45, 2.75) is 6.54 Å². The number of amides is 1. The summed E-state index contributed by atoms with van der Waals surface area (Å²) in [5, 5.41) is 5.34. The van der Waals surface area contributed by atoms with E-state index < -0.39 is 0 Å². The first-order chi connectivity index (χ1) is 12.6. The van der Waals surface area contributed by atoms with Gasteiger partial charge < -0.3 is 5.32 Å². The number of aromatic nitrogens is 2. The van der Waals surface area contributed by atoms with Gasteiger partial charge in [0.2, 0.25) is 0 Å². The van der Waals surface area contributed by atoms with Crippen LogP contribution in [0.1, 0.15) is 16.1 Å². The van der Waals surface area contributed by atoms with Crippen LogP contribution in [0.5, 0.6) is 0 Å². The Balaban J connectivity index is 1.68. The predicted octanol–water partition coefficient (Wildman–Crippen LogP) is 4.79. The lowest BCUT2D eigenvalue weighted by molar-refractivity contribution is 0.0947. The fourth-order valence-corrected chi connectivity index (χ4v) is 3.65. The Labute approximate surface area is 157 Å². The van der Waals surface area contributed by atoms with E-state index in [2.05, 4.69) is 10.3 Å². The van der Waals surface area contributed by atoms with Gasteiger partial charge in [0.05, 0.1) is 5.69 Å². The topological polar surface area (TPSA) is 46.4 Å². The fraction of sp³-hybridized carbons (Fsp3) is 0.0526. The summed E-state index contributed by atoms with van der Waals surface area (Å²) >= 11 is 7.57. The molecule has 0 aliphatic heterocycles. The molecule has 0 saturated heterocycles. The number of imidazole rings is 1. The molecule has 4 rings (SSSR count). The van der Waals surface area contributed by atoms with Crippen LogP contribution in [0.2, 0.25) is 5.02 Å². The molecule has 2 aromatic heterocycles. The zero-order chi connectivity index (χ0) is 18.1. The number of halogens is 2. The molecule has 130 valence electrons. The molecule has 0 atom stereocenters. The Kier molecular flexibility index (Phi) is 4.44. The van der Waals surface area contributed by atoms with Crippen LogP contribution in [-0.4, -0.2) is 15.3 Å². The Morgan fingerprint density at radius 2 is 1.96 bits per heavy atom. The number of hydrogen-bond donors (Lipinski definition) is 1. The molecule has 2 heterocycles. The first kappa shape index (κ1) is 16.8. The van der Waals surface area contributed by atoms with Gasteiger partial charge in [0, 0.05) is 28.7 Å². The Hall–Kier alpha value is -2.70. The van der Waals surface area contributed by atoms with Gasteiger partial charge >= 0.3 is 0 Å². The van der Waals surface area contributed by atoms with Crippen molar-refractivity contribution in [3.05, 3.63) is 82.2 Å². The summed E-state index contributed by atoms with van der Waals surface area (Å²) in [6.07, 6.45) is 1.84. The van der Waals surface area contributed by atoms with Gasteiger partial charge in [-0.25, -0.2) is 9.37 Å². The molecule has 0 saturated carbocycles. The van der Waals surface area contributed by atoms with Crippen LogP contribution in [0.3, 0.4) is 0 Å². The lowest BCUT2D eigenvalue weighted by Crippen LogP contribution is -2.24. The van der Waals surface area contributed by atoms with E-state index in [-0.39, 0.29) is 11.7 Å². The first-order valence-electron chi connectivity index (χ1n) is 7.86. The highest BCUT2D eigenvalue weighted by molar-refractivity contribution is 7.15. The van der Waals surface area contributed by atoms with E-state index in [1.54, 1.807) is 18.2 Å². The number of carbonyl (C=O) groups is 1. The molecule has 0 unspecified atom stereocenters. The van der Waals surface area contributed by atoms with E-state index in [1.165, 1.54) is 23.5 Å². The molecule has 4 aromatic rings. The summed E-state index contributed by atoms with van der Waals surface area (Å²) in [5.41, 5.74) is 2.49. The highest BCUT2D eigenvalue weighted by Gasteiger charge is 2.21. The minimum Gasteiger partial charge on any atom is -0.346 e. The third-order valence-electron chi connectivity index (χ3n) is 3.99. The van der Waals surface area contributed by atoms with Gasteiger partial charge in [0.1, 0.15) is 5.82 Å². The van der Waals surface area contributed by atoms with Gasteiger partial charge in [0.15, 0.2) is 10.7 Å². The van der Waals surface area contributed by atoms with E-state index in [0.29, 0.717) is 27.9 Å². The molecule has 1 N–H and O–H groups in total. The maximum atomic E-state index is 13.3. The minimum atomic E-state index is -0.329. The monoisotopic (exact) mass is 385 g/mol. The van der Waals surface area contributed by atoms with E-state index in [1.807, 2.05) is 34.2 Å². The predicted molar refractivity (Wildman–Crippen MR) is 101 cm³/mol. The molecule has 1 amide bonds. The summed E-state index contributed by atoms with van der Waals surface area (Å²) < 4.78 is 15.1. The average Bonchev–Trinajstić information content (AvgIpc) is 3.23. The van der Waals surface area contributed by atoms with E-state index >= 15 is 0 Å². The van der Waals surface area contributed by atoms with E-state index in [4.69, 9.17) is 11.6 Å². The molecule has 2 aromatic carbocycles. The largest absolute Gasteiger partial charge is 0.346 e. The molecular weight excluding hydrogens is 373 g/mol. The average molecular weight is 386 g/mol. The number of hydrogen-bond acceptors (Lipinski definition) is 3. The van der Waals surface area contributed by atoms with Crippen LogP contribution in [0, 0.1) is 5.82 Å². The van der Waals surface area contributed by atoms with Crippen molar-refractivity contribution < 1.29 is 9.18 Å². The SMILES string of the molecule is O=C(NCc1ccccc1Cl)c1nc2sccn2c1-c1ccc(F)cc1. The molecule has 26 heavy (non-hydrogen) atoms. The first-order valence-corrected chi connectivity index (χ1v) is 9.12. The van der Waals surface area contributed by atoms with Gasteiger partial charge in [0.25, 0.3) is 5.91 Å². The maximum absolute atomic E-state index is 13.3. The van der Waals surface area contributed by atoms with Gasteiger partial charge in [-0.05, 0) is 35.9 Å². The number of carbonyl (C=O) groups excluding carboxylic acids is 1. The van der Waals surface area contributed by atoms with Gasteiger partial charge in [-0.1, -0.05) is 29.8 Å². The zero-order valence-corrected chi connectivity index (χ0v) is 15.0. The number of benzene rings is 2. The van der Waals surface area contributed by atoms with Crippen LogP contribution in [-0.2, 0) is 6.54 Å². The number of thiazole rings is 1. The second-order valence-corrected chi connectivity index (χ2v) is 6.93. The van der Waals surface area contributed by atoms with Gasteiger partial charge in [-0.15, -0.1) is 11.3 Å². The smallest absolute Gasteiger partial charge is 0.272 e. The highest BCUT2D eigenvalue weighted by Crippen LogP contribution is 2.28. The lowest BCUT2D eigenvalue weighted by Gasteiger charge is -2.08. The Morgan fingerprint density at radius 1 is 1.19 bits per heavy atom. The van der Waals surface area contributed by atoms with E-state index in [0.717, 1.165) is 11.1 Å². The normalized spacial score (nSPS) is 11.0. The molecule has 0 aliphatic carbocycles. The summed E-state index contributed by atoms with van der Waals surface area (Å²) in [4.78, 5) is 17.9. The molecule has 0 bridgehead atoms. The molecule has 4 nitrogen and oxygen atoms in total. The molecular formula is C19H13ClFN3OS. The van der Waals surface area contributed by atoms with Crippen molar-refractivity contribution in [3.8, 4) is 11.3 Å². The van der Waals surface area contributed by atoms with Crippen molar-refractivity contribution >= 4 is 33.8 Å². The van der Waals surface area contributed by atoms with Gasteiger partial charge in [-0.2, -0.15) is 0 Å². The second-order valence-electron chi connectivity index (χ2n) is 5.65. The van der Waals surface area contributed by atoms with E-state index in [9.17, 15) is 9.18 Å². The van der Waals surface area contributed by atoms with Crippen LogP contribution in [0.15, 0.2) is 60.1 Å². The van der Waals surface area contributed by atoms with Crippen molar-refractivity contribution in [2.75, 3.05) is 0 Å². The highest BCUT2D eigenvalue weighted by atomic mass is 35.5. The molecule has 0 fully saturated rings. The number of nitrogens with one attached hydrogen (secondary N) is 1. The van der Waals surface area contributed by atoms with Crippen LogP contribution in [0.25, 0.3) is 16.2 Å².